The normalized spacial score (nSPS) is 14.5. The largest absolute Gasteiger partial charge is 0.478 e. The van der Waals surface area contributed by atoms with Gasteiger partial charge in [-0.05, 0) is 12.8 Å². The zero-order chi connectivity index (χ0) is 14.0. The quantitative estimate of drug-likeness (QED) is 0.820. The first-order chi connectivity index (χ1) is 9.06. The molecule has 0 aliphatic carbocycles. The molecule has 2 heterocycles. The van der Waals surface area contributed by atoms with Gasteiger partial charge in [0, 0.05) is 13.1 Å². The maximum Gasteiger partial charge on any atom is 0.342 e. The molecule has 0 spiro atoms. The van der Waals surface area contributed by atoms with Gasteiger partial charge in [0.05, 0.1) is 7.11 Å². The summed E-state index contributed by atoms with van der Waals surface area (Å²) in [7, 11) is 1.12. The Morgan fingerprint density at radius 3 is 2.47 bits per heavy atom. The Kier molecular flexibility index (Phi) is 3.55. The van der Waals surface area contributed by atoms with Crippen LogP contribution in [0.4, 0.5) is 0 Å². The van der Waals surface area contributed by atoms with Crippen molar-refractivity contribution in [2.45, 2.75) is 12.8 Å². The Morgan fingerprint density at radius 2 is 1.95 bits per heavy atom. The molecule has 1 aromatic heterocycles. The molecule has 1 fully saturated rings. The van der Waals surface area contributed by atoms with E-state index in [1.165, 1.54) is 4.90 Å². The summed E-state index contributed by atoms with van der Waals surface area (Å²) in [6, 6.07) is 0. The highest BCUT2D eigenvalue weighted by atomic mass is 16.5. The van der Waals surface area contributed by atoms with Crippen molar-refractivity contribution < 1.29 is 28.6 Å². The summed E-state index contributed by atoms with van der Waals surface area (Å²) in [5.41, 5.74) is -0.693. The van der Waals surface area contributed by atoms with Crippen LogP contribution in [0, 0.1) is 0 Å². The van der Waals surface area contributed by atoms with Gasteiger partial charge >= 0.3 is 11.9 Å². The van der Waals surface area contributed by atoms with E-state index in [-0.39, 0.29) is 16.9 Å². The predicted molar refractivity (Wildman–Crippen MR) is 62.1 cm³/mol. The maximum atomic E-state index is 12.2. The fourth-order valence-corrected chi connectivity index (χ4v) is 2.04. The number of esters is 1. The number of hydrogen-bond donors (Lipinski definition) is 1. The molecule has 1 aliphatic heterocycles. The Labute approximate surface area is 108 Å². The van der Waals surface area contributed by atoms with Crippen LogP contribution < -0.4 is 0 Å². The summed E-state index contributed by atoms with van der Waals surface area (Å²) in [5, 5.41) is 8.98. The van der Waals surface area contributed by atoms with Gasteiger partial charge < -0.3 is 19.2 Å². The lowest BCUT2D eigenvalue weighted by molar-refractivity contribution is 0.0574. The Hall–Kier alpha value is -2.31. The number of likely N-dealkylation sites (tertiary alicyclic amines) is 1. The van der Waals surface area contributed by atoms with Crippen LogP contribution in [0.3, 0.4) is 0 Å². The van der Waals surface area contributed by atoms with Gasteiger partial charge in [-0.15, -0.1) is 0 Å². The third-order valence-corrected chi connectivity index (χ3v) is 3.00. The number of carboxylic acids is 1. The highest BCUT2D eigenvalue weighted by Crippen LogP contribution is 2.22. The lowest BCUT2D eigenvalue weighted by Gasteiger charge is -2.13. The van der Waals surface area contributed by atoms with Crippen LogP contribution in [0.2, 0.25) is 0 Å². The third-order valence-electron chi connectivity index (χ3n) is 3.00. The Morgan fingerprint density at radius 1 is 1.32 bits per heavy atom. The molecule has 7 nitrogen and oxygen atoms in total. The van der Waals surface area contributed by atoms with Crippen molar-refractivity contribution in [2.24, 2.45) is 0 Å². The Balaban J connectivity index is 2.42. The summed E-state index contributed by atoms with van der Waals surface area (Å²) in [6.45, 7) is 1.14. The van der Waals surface area contributed by atoms with E-state index in [1.54, 1.807) is 0 Å². The minimum atomic E-state index is -1.34. The first-order valence-electron chi connectivity index (χ1n) is 5.78. The van der Waals surface area contributed by atoms with Crippen LogP contribution in [0.5, 0.6) is 0 Å². The van der Waals surface area contributed by atoms with E-state index in [2.05, 4.69) is 4.74 Å². The highest BCUT2D eigenvalue weighted by molar-refractivity contribution is 6.10. The summed E-state index contributed by atoms with van der Waals surface area (Å²) in [6.07, 6.45) is 2.65. The van der Waals surface area contributed by atoms with Crippen molar-refractivity contribution in [3.8, 4) is 0 Å². The molecule has 0 bridgehead atoms. The van der Waals surface area contributed by atoms with E-state index in [0.29, 0.717) is 13.1 Å². The zero-order valence-corrected chi connectivity index (χ0v) is 10.3. The van der Waals surface area contributed by atoms with Crippen molar-refractivity contribution in [3.05, 3.63) is 23.2 Å². The minimum absolute atomic E-state index is 0.272. The number of methoxy groups -OCH3 is 1. The molecule has 0 radical (unpaired) electrons. The number of amides is 1. The molecule has 0 atom stereocenters. The van der Waals surface area contributed by atoms with E-state index < -0.39 is 17.8 Å². The molecule has 1 aromatic rings. The summed E-state index contributed by atoms with van der Waals surface area (Å²) in [5.74, 6) is -2.99. The van der Waals surface area contributed by atoms with Gasteiger partial charge in [-0.3, -0.25) is 4.79 Å². The molecule has 1 amide bonds. The second-order valence-corrected chi connectivity index (χ2v) is 4.15. The first kappa shape index (κ1) is 13.1. The first-order valence-corrected chi connectivity index (χ1v) is 5.78. The lowest BCUT2D eigenvalue weighted by atomic mass is 10.1. The fraction of sp³-hybridized carbons (Fsp3) is 0.417. The van der Waals surface area contributed by atoms with Crippen LogP contribution in [-0.2, 0) is 4.74 Å². The van der Waals surface area contributed by atoms with E-state index in [1.807, 2.05) is 0 Å². The van der Waals surface area contributed by atoms with Crippen LogP contribution in [-0.4, -0.2) is 48.1 Å². The molecule has 102 valence electrons. The van der Waals surface area contributed by atoms with Gasteiger partial charge in [0.2, 0.25) is 5.76 Å². The average molecular weight is 267 g/mol. The number of hydrogen-bond acceptors (Lipinski definition) is 5. The lowest BCUT2D eigenvalue weighted by Crippen LogP contribution is -2.29. The number of carbonyl (C=O) groups is 3. The SMILES string of the molecule is COC(=O)c1c(C(=O)O)coc1C(=O)N1CCCC1. The molecule has 2 rings (SSSR count). The van der Waals surface area contributed by atoms with Gasteiger partial charge in [-0.2, -0.15) is 0 Å². The summed E-state index contributed by atoms with van der Waals surface area (Å²) >= 11 is 0. The van der Waals surface area contributed by atoms with Gasteiger partial charge in [-0.25, -0.2) is 9.59 Å². The average Bonchev–Trinajstić information content (AvgIpc) is 3.05. The molecule has 19 heavy (non-hydrogen) atoms. The monoisotopic (exact) mass is 267 g/mol. The third kappa shape index (κ3) is 2.31. The van der Waals surface area contributed by atoms with Crippen LogP contribution in [0.1, 0.15) is 44.1 Å². The highest BCUT2D eigenvalue weighted by Gasteiger charge is 2.32. The zero-order valence-electron chi connectivity index (χ0n) is 10.3. The smallest absolute Gasteiger partial charge is 0.342 e. The molecule has 7 heteroatoms. The van der Waals surface area contributed by atoms with Gasteiger partial charge in [0.1, 0.15) is 17.4 Å². The van der Waals surface area contributed by atoms with E-state index in [0.717, 1.165) is 26.2 Å². The maximum absolute atomic E-state index is 12.2. The molecular formula is C12H13NO6. The van der Waals surface area contributed by atoms with E-state index >= 15 is 0 Å². The summed E-state index contributed by atoms with van der Waals surface area (Å²) in [4.78, 5) is 36.3. The topological polar surface area (TPSA) is 97.0 Å². The molecule has 0 unspecified atom stereocenters. The van der Waals surface area contributed by atoms with Crippen molar-refractivity contribution >= 4 is 17.8 Å². The van der Waals surface area contributed by atoms with Crippen molar-refractivity contribution in [2.75, 3.05) is 20.2 Å². The van der Waals surface area contributed by atoms with Crippen LogP contribution in [0.25, 0.3) is 0 Å². The second-order valence-electron chi connectivity index (χ2n) is 4.15. The number of furan rings is 1. The van der Waals surface area contributed by atoms with Crippen molar-refractivity contribution in [3.63, 3.8) is 0 Å². The molecule has 1 aliphatic rings. The minimum Gasteiger partial charge on any atom is -0.478 e. The number of nitrogens with zero attached hydrogens (tertiary/aromatic N) is 1. The number of carboxylic acid groups (broad SMARTS) is 1. The van der Waals surface area contributed by atoms with Gasteiger partial charge in [0.15, 0.2) is 0 Å². The number of aromatic carboxylic acids is 1. The van der Waals surface area contributed by atoms with Crippen molar-refractivity contribution in [1.82, 2.24) is 4.90 Å². The fourth-order valence-electron chi connectivity index (χ4n) is 2.04. The number of rotatable bonds is 3. The number of carbonyl (C=O) groups excluding carboxylic acids is 2. The molecule has 0 aromatic carbocycles. The number of ether oxygens (including phenoxy) is 1. The van der Waals surface area contributed by atoms with Crippen molar-refractivity contribution in [1.29, 1.82) is 0 Å². The standard InChI is InChI=1S/C12H13NO6/c1-18-12(17)8-7(11(15)16)6-19-9(8)10(14)13-4-2-3-5-13/h6H,2-5H2,1H3,(H,15,16). The van der Waals surface area contributed by atoms with E-state index in [4.69, 9.17) is 9.52 Å². The molecule has 0 saturated carbocycles. The van der Waals surface area contributed by atoms with E-state index in [9.17, 15) is 14.4 Å². The molecular weight excluding hydrogens is 254 g/mol. The Bertz CT molecular complexity index is 526. The predicted octanol–water partition coefficient (Wildman–Crippen LogP) is 1.00. The summed E-state index contributed by atoms with van der Waals surface area (Å²) < 4.78 is 9.49. The van der Waals surface area contributed by atoms with Gasteiger partial charge in [0.25, 0.3) is 5.91 Å². The molecule has 1 saturated heterocycles. The molecule has 1 N–H and O–H groups in total. The van der Waals surface area contributed by atoms with Gasteiger partial charge in [-0.1, -0.05) is 0 Å². The van der Waals surface area contributed by atoms with Crippen LogP contribution >= 0.6 is 0 Å². The second kappa shape index (κ2) is 5.13. The van der Waals surface area contributed by atoms with Crippen LogP contribution in [0.15, 0.2) is 10.7 Å².